The van der Waals surface area contributed by atoms with Crippen LogP contribution < -0.4 is 0 Å². The second-order valence-electron chi connectivity index (χ2n) is 5.20. The third-order valence-electron chi connectivity index (χ3n) is 3.73. The Morgan fingerprint density at radius 1 is 1.00 bits per heavy atom. The minimum Gasteiger partial charge on any atom is -0.380 e. The molecule has 0 fully saturated rings. The topological polar surface area (TPSA) is 20.2 Å². The van der Waals surface area contributed by atoms with E-state index in [1.807, 2.05) is 67.6 Å². The lowest BCUT2D eigenvalue weighted by molar-refractivity contribution is 0.0662. The molecule has 2 aromatic rings. The molecular formula is C19H20O. The normalized spacial score (nSPS) is 12.7. The average Bonchev–Trinajstić information content (AvgIpc) is 2.54. The van der Waals surface area contributed by atoms with Crippen molar-refractivity contribution >= 4 is 0 Å². The van der Waals surface area contributed by atoms with E-state index in [2.05, 4.69) is 5.92 Å². The van der Waals surface area contributed by atoms with Crippen molar-refractivity contribution in [3.8, 4) is 12.3 Å². The molecule has 0 aliphatic heterocycles. The lowest BCUT2D eigenvalue weighted by Crippen LogP contribution is -2.27. The summed E-state index contributed by atoms with van der Waals surface area (Å²) in [5, 5.41) is 11.2. The molecule has 2 rings (SSSR count). The Balaban J connectivity index is 2.37. The molecule has 0 aromatic heterocycles. The number of aliphatic hydroxyl groups is 1. The van der Waals surface area contributed by atoms with E-state index in [0.29, 0.717) is 6.42 Å². The molecule has 1 heteroatoms. The lowest BCUT2D eigenvalue weighted by atomic mass is 9.81. The van der Waals surface area contributed by atoms with Crippen LogP contribution in [0.5, 0.6) is 0 Å². The van der Waals surface area contributed by atoms with Gasteiger partial charge >= 0.3 is 0 Å². The minimum absolute atomic E-state index is 0.161. The number of hydrogen-bond donors (Lipinski definition) is 1. The van der Waals surface area contributed by atoms with Crippen molar-refractivity contribution in [3.05, 3.63) is 71.8 Å². The first-order valence-electron chi connectivity index (χ1n) is 6.96. The zero-order valence-corrected chi connectivity index (χ0v) is 11.8. The molecule has 1 atom stereocenters. The predicted octanol–water partition coefficient (Wildman–Crippen LogP) is 3.97. The van der Waals surface area contributed by atoms with Crippen LogP contribution >= 0.6 is 0 Å². The number of benzene rings is 2. The first kappa shape index (κ1) is 14.4. The maximum atomic E-state index is 11.2. The van der Waals surface area contributed by atoms with Crippen LogP contribution in [0.2, 0.25) is 0 Å². The predicted molar refractivity (Wildman–Crippen MR) is 83.1 cm³/mol. The van der Waals surface area contributed by atoms with Crippen LogP contribution in [-0.2, 0) is 5.60 Å². The standard InChI is InChI=1S/C19H20O/c1-3-16(2)14-15-19(20,17-10-6-4-7-11-17)18-12-8-5-9-13-18/h1,4-13,16,20H,14-15H2,2H3. The van der Waals surface area contributed by atoms with Crippen LogP contribution in [0.3, 0.4) is 0 Å². The van der Waals surface area contributed by atoms with Crippen molar-refractivity contribution in [1.82, 2.24) is 0 Å². The highest BCUT2D eigenvalue weighted by Gasteiger charge is 2.31. The van der Waals surface area contributed by atoms with Gasteiger partial charge in [-0.3, -0.25) is 0 Å². The fourth-order valence-electron chi connectivity index (χ4n) is 2.39. The molecule has 1 N–H and O–H groups in total. The molecule has 0 aliphatic rings. The first-order valence-corrected chi connectivity index (χ1v) is 6.96. The van der Waals surface area contributed by atoms with Crippen LogP contribution in [0.1, 0.15) is 30.9 Å². The molecule has 0 saturated heterocycles. The Hall–Kier alpha value is -2.04. The highest BCUT2D eigenvalue weighted by Crippen LogP contribution is 2.34. The maximum Gasteiger partial charge on any atom is 0.115 e. The van der Waals surface area contributed by atoms with Crippen LogP contribution in [-0.4, -0.2) is 5.11 Å². The van der Waals surface area contributed by atoms with Gasteiger partial charge in [-0.1, -0.05) is 67.6 Å². The summed E-state index contributed by atoms with van der Waals surface area (Å²) in [7, 11) is 0. The number of terminal acetylenes is 1. The van der Waals surface area contributed by atoms with E-state index in [4.69, 9.17) is 6.42 Å². The van der Waals surface area contributed by atoms with Gasteiger partial charge < -0.3 is 5.11 Å². The van der Waals surface area contributed by atoms with Crippen LogP contribution in [0.4, 0.5) is 0 Å². The van der Waals surface area contributed by atoms with E-state index in [0.717, 1.165) is 17.5 Å². The molecule has 102 valence electrons. The van der Waals surface area contributed by atoms with Gasteiger partial charge in [0.2, 0.25) is 0 Å². The molecule has 0 aliphatic carbocycles. The van der Waals surface area contributed by atoms with Gasteiger partial charge in [0.05, 0.1) is 0 Å². The summed E-state index contributed by atoms with van der Waals surface area (Å²) in [5.41, 5.74) is 0.846. The molecule has 2 aromatic carbocycles. The summed E-state index contributed by atoms with van der Waals surface area (Å²) in [6.45, 7) is 2.01. The van der Waals surface area contributed by atoms with Crippen molar-refractivity contribution in [2.45, 2.75) is 25.4 Å². The molecule has 0 radical (unpaired) electrons. The van der Waals surface area contributed by atoms with Gasteiger partial charge in [0.25, 0.3) is 0 Å². The van der Waals surface area contributed by atoms with Crippen molar-refractivity contribution in [2.75, 3.05) is 0 Å². The first-order chi connectivity index (χ1) is 9.66. The van der Waals surface area contributed by atoms with Crippen molar-refractivity contribution < 1.29 is 5.11 Å². The van der Waals surface area contributed by atoms with Gasteiger partial charge in [-0.2, -0.15) is 0 Å². The quantitative estimate of drug-likeness (QED) is 0.810. The summed E-state index contributed by atoms with van der Waals surface area (Å²) in [6.07, 6.45) is 6.85. The zero-order valence-electron chi connectivity index (χ0n) is 11.8. The summed E-state index contributed by atoms with van der Waals surface area (Å²) >= 11 is 0. The highest BCUT2D eigenvalue weighted by atomic mass is 16.3. The lowest BCUT2D eigenvalue weighted by Gasteiger charge is -2.30. The summed E-state index contributed by atoms with van der Waals surface area (Å²) in [5.74, 6) is 2.89. The van der Waals surface area contributed by atoms with Crippen LogP contribution in [0.15, 0.2) is 60.7 Å². The van der Waals surface area contributed by atoms with E-state index < -0.39 is 5.60 Å². The Morgan fingerprint density at radius 2 is 1.45 bits per heavy atom. The SMILES string of the molecule is C#CC(C)CCC(O)(c1ccccc1)c1ccccc1. The molecule has 0 amide bonds. The van der Waals surface area contributed by atoms with E-state index >= 15 is 0 Å². The Morgan fingerprint density at radius 3 is 1.85 bits per heavy atom. The highest BCUT2D eigenvalue weighted by molar-refractivity contribution is 5.35. The van der Waals surface area contributed by atoms with Crippen molar-refractivity contribution in [1.29, 1.82) is 0 Å². The molecule has 20 heavy (non-hydrogen) atoms. The fourth-order valence-corrected chi connectivity index (χ4v) is 2.39. The fraction of sp³-hybridized carbons (Fsp3) is 0.263. The molecule has 1 unspecified atom stereocenters. The number of hydrogen-bond acceptors (Lipinski definition) is 1. The average molecular weight is 264 g/mol. The molecular weight excluding hydrogens is 244 g/mol. The maximum absolute atomic E-state index is 11.2. The van der Waals surface area contributed by atoms with Crippen LogP contribution in [0.25, 0.3) is 0 Å². The molecule has 1 nitrogen and oxygen atoms in total. The van der Waals surface area contributed by atoms with E-state index in [9.17, 15) is 5.11 Å². The van der Waals surface area contributed by atoms with E-state index in [-0.39, 0.29) is 5.92 Å². The van der Waals surface area contributed by atoms with Gasteiger partial charge in [-0.25, -0.2) is 0 Å². The third-order valence-corrected chi connectivity index (χ3v) is 3.73. The minimum atomic E-state index is -0.979. The number of rotatable bonds is 5. The van der Waals surface area contributed by atoms with Gasteiger partial charge in [-0.05, 0) is 24.0 Å². The largest absolute Gasteiger partial charge is 0.380 e. The van der Waals surface area contributed by atoms with Gasteiger partial charge in [0.1, 0.15) is 5.60 Å². The second-order valence-corrected chi connectivity index (χ2v) is 5.20. The summed E-state index contributed by atoms with van der Waals surface area (Å²) < 4.78 is 0. The summed E-state index contributed by atoms with van der Waals surface area (Å²) in [4.78, 5) is 0. The monoisotopic (exact) mass is 264 g/mol. The Kier molecular flexibility index (Phi) is 4.61. The Labute approximate surface area is 121 Å². The molecule has 0 heterocycles. The molecule has 0 spiro atoms. The zero-order chi connectivity index (χ0) is 14.4. The smallest absolute Gasteiger partial charge is 0.115 e. The Bertz CT molecular complexity index is 526. The van der Waals surface area contributed by atoms with Crippen molar-refractivity contribution in [3.63, 3.8) is 0 Å². The van der Waals surface area contributed by atoms with Crippen LogP contribution in [0, 0.1) is 18.3 Å². The van der Waals surface area contributed by atoms with Gasteiger partial charge in [0.15, 0.2) is 0 Å². The van der Waals surface area contributed by atoms with Gasteiger partial charge in [0, 0.05) is 5.92 Å². The third kappa shape index (κ3) is 3.10. The molecule has 0 saturated carbocycles. The van der Waals surface area contributed by atoms with Gasteiger partial charge in [-0.15, -0.1) is 12.3 Å². The van der Waals surface area contributed by atoms with Crippen molar-refractivity contribution in [2.24, 2.45) is 5.92 Å². The summed E-state index contributed by atoms with van der Waals surface area (Å²) in [6, 6.07) is 19.6. The molecule has 0 bridgehead atoms. The van der Waals surface area contributed by atoms with E-state index in [1.54, 1.807) is 0 Å². The second kappa shape index (κ2) is 6.41. The van der Waals surface area contributed by atoms with E-state index in [1.165, 1.54) is 0 Å².